The number of aromatic nitrogens is 2. The second-order valence-corrected chi connectivity index (χ2v) is 3.23. The number of ether oxygens (including phenoxy) is 1. The molecule has 0 saturated heterocycles. The molecule has 1 heterocycles. The highest BCUT2D eigenvalue weighted by Gasteiger charge is 2.09. The van der Waals surface area contributed by atoms with Gasteiger partial charge in [0.25, 0.3) is 0 Å². The first-order valence-electron chi connectivity index (χ1n) is 4.87. The van der Waals surface area contributed by atoms with Crippen molar-refractivity contribution in [1.29, 1.82) is 0 Å². The van der Waals surface area contributed by atoms with Gasteiger partial charge in [-0.15, -0.1) is 0 Å². The molecular weight excluding hydrogens is 198 g/mol. The van der Waals surface area contributed by atoms with E-state index in [9.17, 15) is 0 Å². The third kappa shape index (κ3) is 4.37. The van der Waals surface area contributed by atoms with Gasteiger partial charge < -0.3 is 14.4 Å². The molecule has 0 unspecified atom stereocenters. The van der Waals surface area contributed by atoms with E-state index in [1.807, 2.05) is 4.90 Å². The summed E-state index contributed by atoms with van der Waals surface area (Å²) in [6.07, 6.45) is 0. The van der Waals surface area contributed by atoms with Crippen molar-refractivity contribution in [3.63, 3.8) is 0 Å². The quantitative estimate of drug-likeness (QED) is 0.680. The van der Waals surface area contributed by atoms with Gasteiger partial charge in [-0.25, -0.2) is 0 Å². The molecule has 0 amide bonds. The molecule has 0 aliphatic heterocycles. The van der Waals surface area contributed by atoms with Crippen LogP contribution in [0.15, 0.2) is 4.52 Å². The molecule has 0 atom stereocenters. The Labute approximate surface area is 88.8 Å². The Morgan fingerprint density at radius 3 is 2.80 bits per heavy atom. The van der Waals surface area contributed by atoms with Crippen molar-refractivity contribution in [3.8, 4) is 0 Å². The van der Waals surface area contributed by atoms with Gasteiger partial charge in [0.2, 0.25) is 5.89 Å². The predicted octanol–water partition coefficient (Wildman–Crippen LogP) is -0.181. The van der Waals surface area contributed by atoms with Gasteiger partial charge in [-0.2, -0.15) is 4.98 Å². The number of methoxy groups -OCH3 is 1. The third-order valence-corrected chi connectivity index (χ3v) is 1.96. The Hall–Kier alpha value is -0.980. The first-order valence-corrected chi connectivity index (χ1v) is 4.87. The van der Waals surface area contributed by atoms with E-state index >= 15 is 0 Å². The van der Waals surface area contributed by atoms with E-state index in [1.54, 1.807) is 14.0 Å². The van der Waals surface area contributed by atoms with E-state index in [1.165, 1.54) is 0 Å². The second kappa shape index (κ2) is 6.49. The highest BCUT2D eigenvalue weighted by molar-refractivity contribution is 4.82. The van der Waals surface area contributed by atoms with E-state index in [0.29, 0.717) is 31.4 Å². The first kappa shape index (κ1) is 12.1. The topological polar surface area (TPSA) is 71.6 Å². The van der Waals surface area contributed by atoms with Crippen LogP contribution < -0.4 is 0 Å². The summed E-state index contributed by atoms with van der Waals surface area (Å²) in [5, 5.41) is 12.6. The SMILES string of the molecule is COCCN(CCO)Cc1nc(C)no1. The fourth-order valence-electron chi connectivity index (χ4n) is 1.23. The van der Waals surface area contributed by atoms with Crippen molar-refractivity contribution < 1.29 is 14.4 Å². The molecule has 6 nitrogen and oxygen atoms in total. The number of nitrogens with zero attached hydrogens (tertiary/aromatic N) is 3. The zero-order chi connectivity index (χ0) is 11.1. The van der Waals surface area contributed by atoms with Crippen LogP contribution in [0.2, 0.25) is 0 Å². The van der Waals surface area contributed by atoms with Crippen LogP contribution in [0, 0.1) is 6.92 Å². The van der Waals surface area contributed by atoms with E-state index in [0.717, 1.165) is 6.54 Å². The van der Waals surface area contributed by atoms with Crippen LogP contribution in [0.25, 0.3) is 0 Å². The standard InChI is InChI=1S/C9H17N3O3/c1-8-10-9(15-11-8)7-12(3-5-13)4-6-14-2/h13H,3-7H2,1-2H3. The maximum absolute atomic E-state index is 8.87. The van der Waals surface area contributed by atoms with Crippen LogP contribution in [-0.2, 0) is 11.3 Å². The summed E-state index contributed by atoms with van der Waals surface area (Å²) in [4.78, 5) is 6.10. The minimum atomic E-state index is 0.108. The van der Waals surface area contributed by atoms with Gasteiger partial charge >= 0.3 is 0 Å². The molecule has 0 saturated carbocycles. The van der Waals surface area contributed by atoms with Crippen LogP contribution in [0.3, 0.4) is 0 Å². The molecular formula is C9H17N3O3. The lowest BCUT2D eigenvalue weighted by atomic mass is 10.4. The van der Waals surface area contributed by atoms with Gasteiger partial charge in [0.15, 0.2) is 5.82 Å². The van der Waals surface area contributed by atoms with Gasteiger partial charge in [0.1, 0.15) is 0 Å². The highest BCUT2D eigenvalue weighted by atomic mass is 16.5. The van der Waals surface area contributed by atoms with Crippen LogP contribution >= 0.6 is 0 Å². The predicted molar refractivity (Wildman–Crippen MR) is 53.3 cm³/mol. The van der Waals surface area contributed by atoms with Crippen LogP contribution in [-0.4, -0.2) is 53.6 Å². The van der Waals surface area contributed by atoms with Gasteiger partial charge in [0, 0.05) is 20.2 Å². The van der Waals surface area contributed by atoms with Crippen molar-refractivity contribution in [2.45, 2.75) is 13.5 Å². The average molecular weight is 215 g/mol. The van der Waals surface area contributed by atoms with Crippen molar-refractivity contribution in [2.75, 3.05) is 33.4 Å². The summed E-state index contributed by atoms with van der Waals surface area (Å²) in [5.74, 6) is 1.19. The average Bonchev–Trinajstić information content (AvgIpc) is 2.61. The summed E-state index contributed by atoms with van der Waals surface area (Å²) in [6, 6.07) is 0. The fourth-order valence-corrected chi connectivity index (χ4v) is 1.23. The van der Waals surface area contributed by atoms with Crippen LogP contribution in [0.4, 0.5) is 0 Å². The summed E-state index contributed by atoms with van der Waals surface area (Å²) in [7, 11) is 1.65. The Balaban J connectivity index is 2.42. The molecule has 0 fully saturated rings. The molecule has 0 spiro atoms. The number of hydrogen-bond acceptors (Lipinski definition) is 6. The molecule has 0 radical (unpaired) electrons. The van der Waals surface area contributed by atoms with E-state index in [-0.39, 0.29) is 6.61 Å². The lowest BCUT2D eigenvalue weighted by Gasteiger charge is -2.18. The third-order valence-electron chi connectivity index (χ3n) is 1.96. The van der Waals surface area contributed by atoms with Gasteiger partial charge in [-0.05, 0) is 6.92 Å². The molecule has 0 aliphatic rings. The lowest BCUT2D eigenvalue weighted by Crippen LogP contribution is -2.29. The molecule has 86 valence electrons. The normalized spacial score (nSPS) is 11.2. The van der Waals surface area contributed by atoms with E-state index < -0.39 is 0 Å². The Morgan fingerprint density at radius 2 is 2.27 bits per heavy atom. The number of hydrogen-bond donors (Lipinski definition) is 1. The number of aliphatic hydroxyl groups is 1. The maximum atomic E-state index is 8.87. The second-order valence-electron chi connectivity index (χ2n) is 3.23. The first-order chi connectivity index (χ1) is 7.26. The minimum absolute atomic E-state index is 0.108. The van der Waals surface area contributed by atoms with E-state index in [4.69, 9.17) is 14.4 Å². The smallest absolute Gasteiger partial charge is 0.240 e. The molecule has 1 rings (SSSR count). The minimum Gasteiger partial charge on any atom is -0.395 e. The Bertz CT molecular complexity index is 277. The zero-order valence-corrected chi connectivity index (χ0v) is 9.14. The molecule has 15 heavy (non-hydrogen) atoms. The number of aryl methyl sites for hydroxylation is 1. The molecule has 0 aliphatic carbocycles. The molecule has 0 bridgehead atoms. The molecule has 1 aromatic rings. The molecule has 0 aromatic carbocycles. The monoisotopic (exact) mass is 215 g/mol. The van der Waals surface area contributed by atoms with Crippen LogP contribution in [0.1, 0.15) is 11.7 Å². The van der Waals surface area contributed by atoms with Crippen LogP contribution in [0.5, 0.6) is 0 Å². The van der Waals surface area contributed by atoms with Crippen molar-refractivity contribution >= 4 is 0 Å². The van der Waals surface area contributed by atoms with Crippen molar-refractivity contribution in [3.05, 3.63) is 11.7 Å². The van der Waals surface area contributed by atoms with Gasteiger partial charge in [-0.3, -0.25) is 4.90 Å². The summed E-state index contributed by atoms with van der Waals surface area (Å²) in [6.45, 7) is 4.36. The maximum Gasteiger partial charge on any atom is 0.240 e. The largest absolute Gasteiger partial charge is 0.395 e. The van der Waals surface area contributed by atoms with Crippen molar-refractivity contribution in [1.82, 2.24) is 15.0 Å². The van der Waals surface area contributed by atoms with E-state index in [2.05, 4.69) is 10.1 Å². The van der Waals surface area contributed by atoms with Crippen molar-refractivity contribution in [2.24, 2.45) is 0 Å². The van der Waals surface area contributed by atoms with Gasteiger partial charge in [0.05, 0.1) is 19.8 Å². The molecule has 1 N–H and O–H groups in total. The molecule has 1 aromatic heterocycles. The summed E-state index contributed by atoms with van der Waals surface area (Å²) in [5.41, 5.74) is 0. The molecule has 6 heteroatoms. The summed E-state index contributed by atoms with van der Waals surface area (Å²) >= 11 is 0. The van der Waals surface area contributed by atoms with Gasteiger partial charge in [-0.1, -0.05) is 5.16 Å². The Kier molecular flexibility index (Phi) is 5.23. The fraction of sp³-hybridized carbons (Fsp3) is 0.778. The number of aliphatic hydroxyl groups excluding tert-OH is 1. The Morgan fingerprint density at radius 1 is 1.47 bits per heavy atom. The zero-order valence-electron chi connectivity index (χ0n) is 9.14. The number of rotatable bonds is 7. The highest BCUT2D eigenvalue weighted by Crippen LogP contribution is 2.01. The summed E-state index contributed by atoms with van der Waals surface area (Å²) < 4.78 is 9.97. The lowest BCUT2D eigenvalue weighted by molar-refractivity contribution is 0.118.